The maximum atomic E-state index is 5.65. The van der Waals surface area contributed by atoms with Crippen molar-refractivity contribution in [1.82, 2.24) is 9.88 Å². The lowest BCUT2D eigenvalue weighted by Crippen LogP contribution is -2.23. The van der Waals surface area contributed by atoms with Gasteiger partial charge in [0.2, 0.25) is 0 Å². The number of nitrogen functional groups attached to an aromatic ring is 1. The van der Waals surface area contributed by atoms with Gasteiger partial charge in [0.05, 0.1) is 0 Å². The lowest BCUT2D eigenvalue weighted by atomic mass is 9.98. The monoisotopic (exact) mass is 239 g/mol. The summed E-state index contributed by atoms with van der Waals surface area (Å²) in [5.74, 6) is 0.941. The lowest BCUT2D eigenvalue weighted by molar-refractivity contribution is 0.274. The van der Waals surface area contributed by atoms with Gasteiger partial charge in [0.15, 0.2) is 5.13 Å². The fourth-order valence-electron chi connectivity index (χ4n) is 2.41. The maximum Gasteiger partial charge on any atom is 0.180 e. The molecular weight excluding hydrogens is 218 g/mol. The normalized spacial score (nSPS) is 23.2. The molecule has 1 aromatic rings. The number of hydrogen-bond donors (Lipinski definition) is 1. The SMILES string of the molecule is CCC1CCCN(Cc2cnc(N)s2)CC1. The summed E-state index contributed by atoms with van der Waals surface area (Å²) in [6.45, 7) is 5.81. The molecule has 0 saturated carbocycles. The van der Waals surface area contributed by atoms with Crippen LogP contribution in [0.25, 0.3) is 0 Å². The second-order valence-electron chi connectivity index (χ2n) is 4.65. The van der Waals surface area contributed by atoms with Gasteiger partial charge in [-0.15, -0.1) is 11.3 Å². The van der Waals surface area contributed by atoms with Gasteiger partial charge >= 0.3 is 0 Å². The molecule has 16 heavy (non-hydrogen) atoms. The third-order valence-electron chi connectivity index (χ3n) is 3.47. The molecular formula is C12H21N3S. The van der Waals surface area contributed by atoms with Crippen LogP contribution in [0.4, 0.5) is 5.13 Å². The van der Waals surface area contributed by atoms with Crippen LogP contribution in [-0.4, -0.2) is 23.0 Å². The van der Waals surface area contributed by atoms with Crippen LogP contribution in [0.15, 0.2) is 6.20 Å². The van der Waals surface area contributed by atoms with E-state index in [1.807, 2.05) is 6.20 Å². The van der Waals surface area contributed by atoms with Crippen molar-refractivity contribution in [2.45, 2.75) is 39.2 Å². The van der Waals surface area contributed by atoms with Gasteiger partial charge in [-0.05, 0) is 38.3 Å². The summed E-state index contributed by atoms with van der Waals surface area (Å²) < 4.78 is 0. The second kappa shape index (κ2) is 5.64. The molecule has 3 nitrogen and oxygen atoms in total. The van der Waals surface area contributed by atoms with E-state index in [4.69, 9.17) is 5.73 Å². The number of rotatable bonds is 3. The van der Waals surface area contributed by atoms with E-state index in [9.17, 15) is 0 Å². The molecule has 1 unspecified atom stereocenters. The lowest BCUT2D eigenvalue weighted by Gasteiger charge is -2.18. The minimum absolute atomic E-state index is 0.691. The van der Waals surface area contributed by atoms with Gasteiger partial charge in [-0.25, -0.2) is 4.98 Å². The number of likely N-dealkylation sites (tertiary alicyclic amines) is 1. The third-order valence-corrected chi connectivity index (χ3v) is 4.28. The number of hydrogen-bond acceptors (Lipinski definition) is 4. The smallest absolute Gasteiger partial charge is 0.180 e. The molecule has 2 N–H and O–H groups in total. The average Bonchev–Trinajstić information content (AvgIpc) is 2.55. The molecule has 90 valence electrons. The van der Waals surface area contributed by atoms with Crippen molar-refractivity contribution in [2.75, 3.05) is 18.8 Å². The highest BCUT2D eigenvalue weighted by Gasteiger charge is 2.16. The Kier molecular flexibility index (Phi) is 4.18. The van der Waals surface area contributed by atoms with E-state index in [1.54, 1.807) is 11.3 Å². The Balaban J connectivity index is 1.86. The van der Waals surface area contributed by atoms with E-state index in [0.717, 1.165) is 12.5 Å². The molecule has 2 rings (SSSR count). The van der Waals surface area contributed by atoms with Gasteiger partial charge in [0.1, 0.15) is 0 Å². The second-order valence-corrected chi connectivity index (χ2v) is 5.79. The van der Waals surface area contributed by atoms with Crippen molar-refractivity contribution >= 4 is 16.5 Å². The van der Waals surface area contributed by atoms with E-state index in [2.05, 4.69) is 16.8 Å². The molecule has 4 heteroatoms. The number of nitrogens with two attached hydrogens (primary N) is 1. The Hall–Kier alpha value is -0.610. The van der Waals surface area contributed by atoms with Gasteiger partial charge in [-0.3, -0.25) is 4.90 Å². The zero-order valence-corrected chi connectivity index (χ0v) is 10.8. The Morgan fingerprint density at radius 2 is 2.38 bits per heavy atom. The van der Waals surface area contributed by atoms with Gasteiger partial charge < -0.3 is 5.73 Å². The van der Waals surface area contributed by atoms with Crippen molar-refractivity contribution in [3.8, 4) is 0 Å². The standard InChI is InChI=1S/C12H21N3S/c1-2-10-4-3-6-15(7-5-10)9-11-8-14-12(13)16-11/h8,10H,2-7,9H2,1H3,(H2,13,14). The van der Waals surface area contributed by atoms with Gasteiger partial charge in [0, 0.05) is 17.6 Å². The predicted molar refractivity (Wildman–Crippen MR) is 69.4 cm³/mol. The largest absolute Gasteiger partial charge is 0.375 e. The number of aromatic nitrogens is 1. The molecule has 1 fully saturated rings. The molecule has 0 aromatic carbocycles. The van der Waals surface area contributed by atoms with Gasteiger partial charge in [0.25, 0.3) is 0 Å². The Labute approximate surface area is 102 Å². The number of anilines is 1. The summed E-state index contributed by atoms with van der Waals surface area (Å²) in [5, 5.41) is 0.691. The van der Waals surface area contributed by atoms with Gasteiger partial charge in [-0.2, -0.15) is 0 Å². The number of nitrogens with zero attached hydrogens (tertiary/aromatic N) is 2. The number of thiazole rings is 1. The first kappa shape index (κ1) is 11.9. The molecule has 1 aliphatic rings. The van der Waals surface area contributed by atoms with E-state index in [1.165, 1.54) is 43.6 Å². The van der Waals surface area contributed by atoms with E-state index < -0.39 is 0 Å². The van der Waals surface area contributed by atoms with Gasteiger partial charge in [-0.1, -0.05) is 13.3 Å². The quantitative estimate of drug-likeness (QED) is 0.882. The van der Waals surface area contributed by atoms with Crippen molar-refractivity contribution < 1.29 is 0 Å². The zero-order chi connectivity index (χ0) is 11.4. The molecule has 2 heterocycles. The summed E-state index contributed by atoms with van der Waals surface area (Å²) in [5.41, 5.74) is 5.65. The van der Waals surface area contributed by atoms with Crippen molar-refractivity contribution in [2.24, 2.45) is 5.92 Å². The molecule has 0 radical (unpaired) electrons. The highest BCUT2D eigenvalue weighted by atomic mass is 32.1. The van der Waals surface area contributed by atoms with Crippen LogP contribution in [0.3, 0.4) is 0 Å². The summed E-state index contributed by atoms with van der Waals surface area (Å²) in [6, 6.07) is 0. The van der Waals surface area contributed by atoms with Crippen LogP contribution in [0.2, 0.25) is 0 Å². The zero-order valence-electron chi connectivity index (χ0n) is 9.98. The molecule has 0 spiro atoms. The highest BCUT2D eigenvalue weighted by Crippen LogP contribution is 2.23. The summed E-state index contributed by atoms with van der Waals surface area (Å²) in [7, 11) is 0. The highest BCUT2D eigenvalue weighted by molar-refractivity contribution is 7.15. The minimum atomic E-state index is 0.691. The van der Waals surface area contributed by atoms with Crippen LogP contribution in [0.5, 0.6) is 0 Å². The van der Waals surface area contributed by atoms with E-state index in [0.29, 0.717) is 5.13 Å². The minimum Gasteiger partial charge on any atom is -0.375 e. The third kappa shape index (κ3) is 3.19. The molecule has 0 aliphatic carbocycles. The predicted octanol–water partition coefficient (Wildman–Crippen LogP) is 2.74. The summed E-state index contributed by atoms with van der Waals surface area (Å²) in [4.78, 5) is 7.95. The van der Waals surface area contributed by atoms with Crippen LogP contribution in [0, 0.1) is 5.92 Å². The van der Waals surface area contributed by atoms with Crippen LogP contribution < -0.4 is 5.73 Å². The van der Waals surface area contributed by atoms with Crippen molar-refractivity contribution in [3.05, 3.63) is 11.1 Å². The molecule has 1 aliphatic heterocycles. The fourth-order valence-corrected chi connectivity index (χ4v) is 3.13. The van der Waals surface area contributed by atoms with Crippen LogP contribution in [0.1, 0.15) is 37.5 Å². The molecule has 1 saturated heterocycles. The molecule has 1 aromatic heterocycles. The molecule has 0 bridgehead atoms. The molecule has 1 atom stereocenters. The Bertz CT molecular complexity index is 324. The van der Waals surface area contributed by atoms with E-state index in [-0.39, 0.29) is 0 Å². The fraction of sp³-hybridized carbons (Fsp3) is 0.750. The topological polar surface area (TPSA) is 42.2 Å². The first-order chi connectivity index (χ1) is 7.78. The van der Waals surface area contributed by atoms with E-state index >= 15 is 0 Å². The van der Waals surface area contributed by atoms with Crippen LogP contribution in [-0.2, 0) is 6.54 Å². The van der Waals surface area contributed by atoms with Crippen molar-refractivity contribution in [3.63, 3.8) is 0 Å². The van der Waals surface area contributed by atoms with Crippen LogP contribution >= 0.6 is 11.3 Å². The summed E-state index contributed by atoms with van der Waals surface area (Å²) >= 11 is 1.62. The first-order valence-electron chi connectivity index (χ1n) is 6.20. The maximum absolute atomic E-state index is 5.65. The average molecular weight is 239 g/mol. The first-order valence-corrected chi connectivity index (χ1v) is 7.02. The van der Waals surface area contributed by atoms with Crippen molar-refractivity contribution in [1.29, 1.82) is 0 Å². The summed E-state index contributed by atoms with van der Waals surface area (Å²) in [6.07, 6.45) is 7.35. The molecule has 0 amide bonds. The Morgan fingerprint density at radius 3 is 3.06 bits per heavy atom. The Morgan fingerprint density at radius 1 is 1.50 bits per heavy atom.